The van der Waals surface area contributed by atoms with E-state index < -0.39 is 22.0 Å². The Labute approximate surface area is 179 Å². The molecule has 0 bridgehead atoms. The van der Waals surface area contributed by atoms with Crippen molar-refractivity contribution in [1.82, 2.24) is 0 Å². The number of hydrogen-bond donors (Lipinski definition) is 2. The highest BCUT2D eigenvalue weighted by Crippen LogP contribution is 2.31. The molecule has 31 heavy (non-hydrogen) atoms. The fraction of sp³-hybridized carbons (Fsp3) is 0.136. The van der Waals surface area contributed by atoms with Crippen molar-refractivity contribution in [3.8, 4) is 17.2 Å². The molecule has 1 heterocycles. The van der Waals surface area contributed by atoms with Crippen molar-refractivity contribution in [2.24, 2.45) is 0 Å². The summed E-state index contributed by atoms with van der Waals surface area (Å²) < 4.78 is 44.6. The van der Waals surface area contributed by atoms with Crippen molar-refractivity contribution in [3.63, 3.8) is 0 Å². The Bertz CT molecular complexity index is 1210. The normalized spacial score (nSPS) is 15.1. The molecule has 2 N–H and O–H groups in total. The molecule has 0 spiro atoms. The summed E-state index contributed by atoms with van der Waals surface area (Å²) in [6, 6.07) is 19.7. The lowest BCUT2D eigenvalue weighted by atomic mass is 10.2. The van der Waals surface area contributed by atoms with Gasteiger partial charge in [0.2, 0.25) is 6.10 Å². The molecule has 0 radical (unpaired) electrons. The molecule has 1 atom stereocenters. The van der Waals surface area contributed by atoms with Crippen LogP contribution in [0.3, 0.4) is 0 Å². The van der Waals surface area contributed by atoms with Crippen LogP contribution in [-0.2, 0) is 14.8 Å². The van der Waals surface area contributed by atoms with E-state index in [1.54, 1.807) is 54.6 Å². The average molecular weight is 440 g/mol. The van der Waals surface area contributed by atoms with Crippen LogP contribution in [0.2, 0.25) is 0 Å². The van der Waals surface area contributed by atoms with E-state index in [4.69, 9.17) is 14.2 Å². The summed E-state index contributed by atoms with van der Waals surface area (Å²) in [6.07, 6.45) is -0.859. The lowest BCUT2D eigenvalue weighted by molar-refractivity contribution is -0.125. The third kappa shape index (κ3) is 4.56. The van der Waals surface area contributed by atoms with Gasteiger partial charge >= 0.3 is 0 Å². The number of fused-ring (bicyclic) bond motifs is 1. The number of sulfonamides is 1. The van der Waals surface area contributed by atoms with E-state index in [0.29, 0.717) is 28.6 Å². The second-order valence-electron chi connectivity index (χ2n) is 6.69. The summed E-state index contributed by atoms with van der Waals surface area (Å²) in [4.78, 5) is 12.6. The molecule has 0 aliphatic carbocycles. The lowest BCUT2D eigenvalue weighted by Gasteiger charge is -2.25. The minimum Gasteiger partial charge on any atom is -0.495 e. The maximum Gasteiger partial charge on any atom is 0.269 e. The van der Waals surface area contributed by atoms with E-state index in [1.165, 1.54) is 19.2 Å². The van der Waals surface area contributed by atoms with E-state index in [-0.39, 0.29) is 11.5 Å². The largest absolute Gasteiger partial charge is 0.495 e. The standard InChI is InChI=1S/C22H20N2O6S/c1-28-18-10-3-2-9-17(18)24-31(26,27)16-8-6-7-15(13-16)23-22(25)21-14-29-19-11-4-5-12-20(19)30-21/h2-13,21,24H,14H2,1H3,(H,23,25)/t21-/m1/s1. The van der Waals surface area contributed by atoms with Crippen LogP contribution in [-0.4, -0.2) is 34.1 Å². The highest BCUT2D eigenvalue weighted by molar-refractivity contribution is 7.92. The van der Waals surface area contributed by atoms with Gasteiger partial charge in [-0.2, -0.15) is 0 Å². The van der Waals surface area contributed by atoms with Gasteiger partial charge in [-0.25, -0.2) is 8.42 Å². The summed E-state index contributed by atoms with van der Waals surface area (Å²) in [7, 11) is -2.45. The van der Waals surface area contributed by atoms with Crippen LogP contribution in [0.25, 0.3) is 0 Å². The van der Waals surface area contributed by atoms with Gasteiger partial charge in [0.1, 0.15) is 12.4 Å². The number of para-hydroxylation sites is 4. The van der Waals surface area contributed by atoms with Crippen LogP contribution in [0.1, 0.15) is 0 Å². The first-order valence-corrected chi connectivity index (χ1v) is 10.9. The lowest BCUT2D eigenvalue weighted by Crippen LogP contribution is -2.40. The van der Waals surface area contributed by atoms with E-state index in [9.17, 15) is 13.2 Å². The Kier molecular flexibility index (Phi) is 5.68. The number of rotatable bonds is 6. The number of hydrogen-bond acceptors (Lipinski definition) is 6. The summed E-state index contributed by atoms with van der Waals surface area (Å²) in [5.74, 6) is 1.00. The van der Waals surface area contributed by atoms with E-state index in [1.807, 2.05) is 6.07 Å². The predicted octanol–water partition coefficient (Wildman–Crippen LogP) is 3.27. The SMILES string of the molecule is COc1ccccc1NS(=O)(=O)c1cccc(NC(=O)[C@H]2COc3ccccc3O2)c1. The van der Waals surface area contributed by atoms with Crippen molar-refractivity contribution in [2.45, 2.75) is 11.0 Å². The first kappa shape index (κ1) is 20.5. The molecule has 9 heteroatoms. The maximum atomic E-state index is 12.8. The first-order valence-electron chi connectivity index (χ1n) is 9.41. The maximum absolute atomic E-state index is 12.8. The molecule has 8 nitrogen and oxygen atoms in total. The van der Waals surface area contributed by atoms with Gasteiger partial charge in [-0.15, -0.1) is 0 Å². The topological polar surface area (TPSA) is 103 Å². The van der Waals surface area contributed by atoms with E-state index in [2.05, 4.69) is 10.0 Å². The third-order valence-electron chi connectivity index (χ3n) is 4.56. The number of carbonyl (C=O) groups is 1. The second kappa shape index (κ2) is 8.57. The molecule has 1 aliphatic heterocycles. The van der Waals surface area contributed by atoms with Crippen molar-refractivity contribution < 1.29 is 27.4 Å². The molecular formula is C22H20N2O6S. The number of anilines is 2. The van der Waals surface area contributed by atoms with Gasteiger partial charge in [-0.05, 0) is 42.5 Å². The van der Waals surface area contributed by atoms with Crippen molar-refractivity contribution in [3.05, 3.63) is 72.8 Å². The van der Waals surface area contributed by atoms with Gasteiger partial charge in [-0.1, -0.05) is 30.3 Å². The summed E-state index contributed by atoms with van der Waals surface area (Å²) in [6.45, 7) is 0.0518. The zero-order valence-corrected chi connectivity index (χ0v) is 17.4. The quantitative estimate of drug-likeness (QED) is 0.610. The third-order valence-corrected chi connectivity index (χ3v) is 5.93. The molecule has 3 aromatic carbocycles. The van der Waals surface area contributed by atoms with Crippen LogP contribution in [0.5, 0.6) is 17.2 Å². The molecule has 4 rings (SSSR count). The molecule has 0 unspecified atom stereocenters. The molecule has 0 saturated carbocycles. The van der Waals surface area contributed by atoms with Crippen molar-refractivity contribution >= 4 is 27.3 Å². The van der Waals surface area contributed by atoms with Crippen LogP contribution < -0.4 is 24.2 Å². The van der Waals surface area contributed by atoms with Gasteiger partial charge in [0, 0.05) is 5.69 Å². The smallest absolute Gasteiger partial charge is 0.269 e. The fourth-order valence-corrected chi connectivity index (χ4v) is 4.16. The van der Waals surface area contributed by atoms with Crippen LogP contribution >= 0.6 is 0 Å². The monoisotopic (exact) mass is 440 g/mol. The summed E-state index contributed by atoms with van der Waals surface area (Å²) in [5.41, 5.74) is 0.626. The van der Waals surface area contributed by atoms with Crippen molar-refractivity contribution in [2.75, 3.05) is 23.8 Å². The van der Waals surface area contributed by atoms with Gasteiger partial charge in [0.25, 0.3) is 15.9 Å². The molecule has 160 valence electrons. The summed E-state index contributed by atoms with van der Waals surface area (Å²) in [5, 5.41) is 2.68. The molecule has 3 aromatic rings. The number of benzene rings is 3. The average Bonchev–Trinajstić information content (AvgIpc) is 2.79. The molecule has 0 fully saturated rings. The van der Waals surface area contributed by atoms with Crippen LogP contribution in [0.15, 0.2) is 77.7 Å². The minimum absolute atomic E-state index is 0.0117. The van der Waals surface area contributed by atoms with E-state index >= 15 is 0 Å². The second-order valence-corrected chi connectivity index (χ2v) is 8.37. The summed E-state index contributed by atoms with van der Waals surface area (Å²) >= 11 is 0. The predicted molar refractivity (Wildman–Crippen MR) is 115 cm³/mol. The number of ether oxygens (including phenoxy) is 3. The molecular weight excluding hydrogens is 420 g/mol. The highest BCUT2D eigenvalue weighted by atomic mass is 32.2. The number of methoxy groups -OCH3 is 1. The number of nitrogens with one attached hydrogen (secondary N) is 2. The zero-order chi connectivity index (χ0) is 21.8. The van der Waals surface area contributed by atoms with Gasteiger partial charge in [0.05, 0.1) is 17.7 Å². The Hall–Kier alpha value is -3.72. The number of carbonyl (C=O) groups excluding carboxylic acids is 1. The fourth-order valence-electron chi connectivity index (χ4n) is 3.05. The minimum atomic E-state index is -3.91. The van der Waals surface area contributed by atoms with Crippen LogP contribution in [0.4, 0.5) is 11.4 Å². The molecule has 0 saturated heterocycles. The highest BCUT2D eigenvalue weighted by Gasteiger charge is 2.27. The van der Waals surface area contributed by atoms with Crippen molar-refractivity contribution in [1.29, 1.82) is 0 Å². The van der Waals surface area contributed by atoms with Gasteiger partial charge in [-0.3, -0.25) is 9.52 Å². The molecule has 1 aliphatic rings. The van der Waals surface area contributed by atoms with E-state index in [0.717, 1.165) is 0 Å². The molecule has 1 amide bonds. The van der Waals surface area contributed by atoms with Crippen LogP contribution in [0, 0.1) is 0 Å². The zero-order valence-electron chi connectivity index (χ0n) is 16.6. The Morgan fingerprint density at radius 1 is 1.00 bits per heavy atom. The van der Waals surface area contributed by atoms with Gasteiger partial charge < -0.3 is 19.5 Å². The Morgan fingerprint density at radius 3 is 2.55 bits per heavy atom. The van der Waals surface area contributed by atoms with Gasteiger partial charge in [0.15, 0.2) is 11.5 Å². The Balaban J connectivity index is 1.49. The number of amides is 1. The molecule has 0 aromatic heterocycles. The Morgan fingerprint density at radius 2 is 1.74 bits per heavy atom. The first-order chi connectivity index (χ1) is 15.0.